The summed E-state index contributed by atoms with van der Waals surface area (Å²) >= 11 is 0. The van der Waals surface area contributed by atoms with Crippen LogP contribution in [0.2, 0.25) is 0 Å². The Labute approximate surface area is 108 Å². The number of piperidine rings is 1. The van der Waals surface area contributed by atoms with Gasteiger partial charge in [-0.05, 0) is 31.7 Å². The van der Waals surface area contributed by atoms with Crippen LogP contribution in [-0.4, -0.2) is 30.1 Å². The molecule has 0 amide bonds. The Bertz CT molecular complexity index is 187. The second-order valence-corrected chi connectivity index (χ2v) is 5.56. The number of hydrogen-bond acceptors (Lipinski definition) is 2. The third-order valence-electron chi connectivity index (χ3n) is 4.55. The highest BCUT2D eigenvalue weighted by atomic mass is 15.2. The minimum Gasteiger partial charge on any atom is -0.329 e. The summed E-state index contributed by atoms with van der Waals surface area (Å²) in [6.07, 6.45) is 9.39. The van der Waals surface area contributed by atoms with Gasteiger partial charge in [0, 0.05) is 18.6 Å². The highest BCUT2D eigenvalue weighted by molar-refractivity contribution is 4.86. The van der Waals surface area contributed by atoms with Gasteiger partial charge in [-0.15, -0.1) is 0 Å². The molecule has 1 rings (SSSR count). The topological polar surface area (TPSA) is 29.3 Å². The standard InChI is InChI=1S/C15H32N2/c1-4-9-14-10-7-8-11-17(14)15(12-16)13(5-2)6-3/h13-15H,4-12,16H2,1-3H3. The summed E-state index contributed by atoms with van der Waals surface area (Å²) in [5, 5.41) is 0. The van der Waals surface area contributed by atoms with E-state index in [4.69, 9.17) is 5.73 Å². The maximum Gasteiger partial charge on any atom is 0.0249 e. The van der Waals surface area contributed by atoms with Crippen LogP contribution in [0.1, 0.15) is 65.7 Å². The van der Waals surface area contributed by atoms with Crippen LogP contribution in [0, 0.1) is 5.92 Å². The molecule has 1 fully saturated rings. The van der Waals surface area contributed by atoms with Gasteiger partial charge in [-0.2, -0.15) is 0 Å². The number of nitrogens with two attached hydrogens (primary N) is 1. The van der Waals surface area contributed by atoms with Crippen molar-refractivity contribution >= 4 is 0 Å². The van der Waals surface area contributed by atoms with Crippen molar-refractivity contribution in [2.45, 2.75) is 77.8 Å². The highest BCUT2D eigenvalue weighted by Crippen LogP contribution is 2.27. The lowest BCUT2D eigenvalue weighted by molar-refractivity contribution is 0.0571. The first-order valence-corrected chi connectivity index (χ1v) is 7.74. The molecule has 1 heterocycles. The number of rotatable bonds is 7. The summed E-state index contributed by atoms with van der Waals surface area (Å²) in [7, 11) is 0. The molecule has 1 aliphatic rings. The molecule has 0 bridgehead atoms. The molecule has 102 valence electrons. The molecular weight excluding hydrogens is 208 g/mol. The smallest absolute Gasteiger partial charge is 0.0249 e. The number of likely N-dealkylation sites (tertiary alicyclic amines) is 1. The van der Waals surface area contributed by atoms with Gasteiger partial charge >= 0.3 is 0 Å². The van der Waals surface area contributed by atoms with Gasteiger partial charge in [0.1, 0.15) is 0 Å². The highest BCUT2D eigenvalue weighted by Gasteiger charge is 2.30. The second kappa shape index (κ2) is 8.10. The summed E-state index contributed by atoms with van der Waals surface area (Å²) in [6, 6.07) is 1.43. The molecule has 1 saturated heterocycles. The lowest BCUT2D eigenvalue weighted by atomic mass is 9.88. The maximum absolute atomic E-state index is 6.07. The minimum absolute atomic E-state index is 0.627. The zero-order valence-electron chi connectivity index (χ0n) is 12.1. The van der Waals surface area contributed by atoms with Gasteiger partial charge in [-0.3, -0.25) is 4.90 Å². The Morgan fingerprint density at radius 2 is 1.88 bits per heavy atom. The van der Waals surface area contributed by atoms with E-state index in [1.54, 1.807) is 0 Å². The Morgan fingerprint density at radius 3 is 2.41 bits per heavy atom. The molecule has 2 unspecified atom stereocenters. The lowest BCUT2D eigenvalue weighted by Gasteiger charge is -2.44. The van der Waals surface area contributed by atoms with Crippen molar-refractivity contribution in [2.24, 2.45) is 11.7 Å². The largest absolute Gasteiger partial charge is 0.329 e. The molecule has 0 aromatic carbocycles. The quantitative estimate of drug-likeness (QED) is 0.739. The molecule has 2 atom stereocenters. The first-order valence-electron chi connectivity index (χ1n) is 7.74. The van der Waals surface area contributed by atoms with Crippen LogP contribution in [0.5, 0.6) is 0 Å². The number of hydrogen-bond donors (Lipinski definition) is 1. The Hall–Kier alpha value is -0.0800. The van der Waals surface area contributed by atoms with Gasteiger partial charge in [-0.25, -0.2) is 0 Å². The minimum atomic E-state index is 0.627. The van der Waals surface area contributed by atoms with Crippen molar-refractivity contribution < 1.29 is 0 Å². The van der Waals surface area contributed by atoms with Crippen molar-refractivity contribution in [1.82, 2.24) is 4.90 Å². The van der Waals surface area contributed by atoms with E-state index < -0.39 is 0 Å². The van der Waals surface area contributed by atoms with Gasteiger partial charge < -0.3 is 5.73 Å². The Kier molecular flexibility index (Phi) is 7.14. The van der Waals surface area contributed by atoms with E-state index >= 15 is 0 Å². The molecule has 0 aromatic heterocycles. The zero-order chi connectivity index (χ0) is 12.7. The normalized spacial score (nSPS) is 24.2. The summed E-state index contributed by atoms with van der Waals surface area (Å²) in [4.78, 5) is 2.75. The molecule has 0 aromatic rings. The van der Waals surface area contributed by atoms with E-state index in [0.717, 1.165) is 18.5 Å². The molecule has 0 aliphatic carbocycles. The van der Waals surface area contributed by atoms with Crippen molar-refractivity contribution in [3.63, 3.8) is 0 Å². The van der Waals surface area contributed by atoms with Crippen LogP contribution >= 0.6 is 0 Å². The van der Waals surface area contributed by atoms with Crippen molar-refractivity contribution in [3.05, 3.63) is 0 Å². The molecule has 2 heteroatoms. The van der Waals surface area contributed by atoms with Gasteiger partial charge in [0.15, 0.2) is 0 Å². The molecule has 2 nitrogen and oxygen atoms in total. The SMILES string of the molecule is CCCC1CCCCN1C(CN)C(CC)CC. The van der Waals surface area contributed by atoms with E-state index in [1.807, 2.05) is 0 Å². The van der Waals surface area contributed by atoms with E-state index in [2.05, 4.69) is 25.7 Å². The van der Waals surface area contributed by atoms with Gasteiger partial charge in [0.2, 0.25) is 0 Å². The van der Waals surface area contributed by atoms with Crippen LogP contribution in [0.25, 0.3) is 0 Å². The predicted octanol–water partition coefficient (Wildman–Crippen LogP) is 3.40. The number of nitrogens with zero attached hydrogens (tertiary/aromatic N) is 1. The molecule has 1 aliphatic heterocycles. The fourth-order valence-corrected chi connectivity index (χ4v) is 3.53. The van der Waals surface area contributed by atoms with Crippen LogP contribution in [0.15, 0.2) is 0 Å². The fraction of sp³-hybridized carbons (Fsp3) is 1.00. The van der Waals surface area contributed by atoms with Crippen LogP contribution in [0.4, 0.5) is 0 Å². The fourth-order valence-electron chi connectivity index (χ4n) is 3.53. The predicted molar refractivity (Wildman–Crippen MR) is 76.2 cm³/mol. The van der Waals surface area contributed by atoms with Crippen molar-refractivity contribution in [3.8, 4) is 0 Å². The van der Waals surface area contributed by atoms with Gasteiger partial charge in [-0.1, -0.05) is 46.5 Å². The zero-order valence-corrected chi connectivity index (χ0v) is 12.1. The van der Waals surface area contributed by atoms with Crippen LogP contribution in [0.3, 0.4) is 0 Å². The third kappa shape index (κ3) is 3.96. The maximum atomic E-state index is 6.07. The van der Waals surface area contributed by atoms with E-state index in [-0.39, 0.29) is 0 Å². The molecular formula is C15H32N2. The molecule has 0 radical (unpaired) electrons. The third-order valence-corrected chi connectivity index (χ3v) is 4.55. The Morgan fingerprint density at radius 1 is 1.18 bits per heavy atom. The van der Waals surface area contributed by atoms with E-state index in [1.165, 1.54) is 51.5 Å². The first-order chi connectivity index (χ1) is 8.28. The van der Waals surface area contributed by atoms with E-state index in [0.29, 0.717) is 6.04 Å². The first kappa shape index (κ1) is 15.0. The Balaban J connectivity index is 2.68. The summed E-state index contributed by atoms with van der Waals surface area (Å²) in [5.41, 5.74) is 6.07. The molecule has 2 N–H and O–H groups in total. The lowest BCUT2D eigenvalue weighted by Crippen LogP contribution is -2.52. The molecule has 0 spiro atoms. The van der Waals surface area contributed by atoms with Crippen LogP contribution in [-0.2, 0) is 0 Å². The average Bonchev–Trinajstić information content (AvgIpc) is 2.37. The monoisotopic (exact) mass is 240 g/mol. The molecule has 0 saturated carbocycles. The molecule has 17 heavy (non-hydrogen) atoms. The van der Waals surface area contributed by atoms with Crippen molar-refractivity contribution in [1.29, 1.82) is 0 Å². The van der Waals surface area contributed by atoms with Gasteiger partial charge in [0.25, 0.3) is 0 Å². The van der Waals surface area contributed by atoms with Crippen LogP contribution < -0.4 is 5.73 Å². The second-order valence-electron chi connectivity index (χ2n) is 5.56. The summed E-state index contributed by atoms with van der Waals surface area (Å²) in [5.74, 6) is 0.789. The van der Waals surface area contributed by atoms with Gasteiger partial charge in [0.05, 0.1) is 0 Å². The van der Waals surface area contributed by atoms with Crippen molar-refractivity contribution in [2.75, 3.05) is 13.1 Å². The van der Waals surface area contributed by atoms with E-state index in [9.17, 15) is 0 Å². The summed E-state index contributed by atoms with van der Waals surface area (Å²) in [6.45, 7) is 9.06. The summed E-state index contributed by atoms with van der Waals surface area (Å²) < 4.78 is 0. The average molecular weight is 240 g/mol.